The van der Waals surface area contributed by atoms with Gasteiger partial charge in [0.15, 0.2) is 0 Å². The number of carboxylic acid groups (broad SMARTS) is 1. The molecule has 1 saturated carbocycles. The fourth-order valence-corrected chi connectivity index (χ4v) is 4.59. The number of nitrogens with zero attached hydrogens (tertiary/aromatic N) is 1. The standard InChI is InChI=1S/C24H24N2O5/c27-21(26-12-15(13-26)22(28)29)11-24(9-10-24)25-23(30)31-14-20-18-7-3-1-5-16(18)17-6-2-4-8-19(17)20/h1-8,15,20H,9-14H2,(H,25,30)(H,28,29). The molecule has 1 saturated heterocycles. The zero-order chi connectivity index (χ0) is 21.6. The molecule has 0 spiro atoms. The van der Waals surface area contributed by atoms with Gasteiger partial charge in [0.25, 0.3) is 0 Å². The van der Waals surface area contributed by atoms with Gasteiger partial charge in [-0.2, -0.15) is 0 Å². The number of hydrogen-bond donors (Lipinski definition) is 2. The number of carboxylic acids is 1. The van der Waals surface area contributed by atoms with Crippen LogP contribution in [0, 0.1) is 5.92 Å². The van der Waals surface area contributed by atoms with E-state index in [9.17, 15) is 14.4 Å². The second-order valence-corrected chi connectivity index (χ2v) is 8.74. The van der Waals surface area contributed by atoms with Crippen molar-refractivity contribution in [2.24, 2.45) is 5.92 Å². The lowest BCUT2D eigenvalue weighted by Crippen LogP contribution is -2.54. The van der Waals surface area contributed by atoms with Gasteiger partial charge in [-0.05, 0) is 35.1 Å². The van der Waals surface area contributed by atoms with E-state index in [0.29, 0.717) is 0 Å². The first-order valence-corrected chi connectivity index (χ1v) is 10.6. The molecule has 31 heavy (non-hydrogen) atoms. The molecule has 1 aliphatic heterocycles. The van der Waals surface area contributed by atoms with Crippen molar-refractivity contribution in [3.05, 3.63) is 59.7 Å². The van der Waals surface area contributed by atoms with Crippen LogP contribution in [0.3, 0.4) is 0 Å². The summed E-state index contributed by atoms with van der Waals surface area (Å²) < 4.78 is 5.59. The summed E-state index contributed by atoms with van der Waals surface area (Å²) in [5.41, 5.74) is 4.09. The number of fused-ring (bicyclic) bond motifs is 3. The first kappa shape index (κ1) is 19.6. The van der Waals surface area contributed by atoms with E-state index in [2.05, 4.69) is 29.6 Å². The largest absolute Gasteiger partial charge is 0.481 e. The average molecular weight is 420 g/mol. The molecule has 7 heteroatoms. The van der Waals surface area contributed by atoms with E-state index in [1.54, 1.807) is 0 Å². The lowest BCUT2D eigenvalue weighted by molar-refractivity contribution is -0.153. The molecule has 0 radical (unpaired) electrons. The van der Waals surface area contributed by atoms with E-state index in [4.69, 9.17) is 9.84 Å². The summed E-state index contributed by atoms with van der Waals surface area (Å²) in [6, 6.07) is 16.3. The molecule has 2 aromatic rings. The molecule has 3 aliphatic rings. The Balaban J connectivity index is 1.18. The van der Waals surface area contributed by atoms with Gasteiger partial charge in [-0.15, -0.1) is 0 Å². The maximum absolute atomic E-state index is 12.5. The highest BCUT2D eigenvalue weighted by Gasteiger charge is 2.48. The van der Waals surface area contributed by atoms with Crippen LogP contribution in [0.1, 0.15) is 36.3 Å². The van der Waals surface area contributed by atoms with Gasteiger partial charge in [-0.1, -0.05) is 48.5 Å². The van der Waals surface area contributed by atoms with Crippen molar-refractivity contribution in [3.63, 3.8) is 0 Å². The summed E-state index contributed by atoms with van der Waals surface area (Å²) in [5, 5.41) is 11.8. The molecule has 160 valence electrons. The predicted octanol–water partition coefficient (Wildman–Crippen LogP) is 2.99. The van der Waals surface area contributed by atoms with Crippen LogP contribution < -0.4 is 5.32 Å². The minimum Gasteiger partial charge on any atom is -0.481 e. The third kappa shape index (κ3) is 3.65. The number of nitrogens with one attached hydrogen (secondary N) is 1. The smallest absolute Gasteiger partial charge is 0.407 e. The number of alkyl carbamates (subject to hydrolysis) is 1. The maximum atomic E-state index is 12.5. The summed E-state index contributed by atoms with van der Waals surface area (Å²) in [7, 11) is 0. The molecule has 2 aliphatic carbocycles. The van der Waals surface area contributed by atoms with Crippen molar-refractivity contribution >= 4 is 18.0 Å². The van der Waals surface area contributed by atoms with Gasteiger partial charge in [-0.3, -0.25) is 9.59 Å². The Kier molecular flexibility index (Phi) is 4.68. The van der Waals surface area contributed by atoms with E-state index in [0.717, 1.165) is 24.0 Å². The van der Waals surface area contributed by atoms with E-state index < -0.39 is 23.5 Å². The third-order valence-electron chi connectivity index (χ3n) is 6.64. The third-order valence-corrected chi connectivity index (χ3v) is 6.64. The topological polar surface area (TPSA) is 95.9 Å². The molecule has 2 amide bonds. The van der Waals surface area contributed by atoms with Crippen LogP contribution in [0.25, 0.3) is 11.1 Å². The lowest BCUT2D eigenvalue weighted by Gasteiger charge is -2.37. The molecule has 7 nitrogen and oxygen atoms in total. The number of benzene rings is 2. The number of amides is 2. The Bertz CT molecular complexity index is 1010. The van der Waals surface area contributed by atoms with Gasteiger partial charge in [0.2, 0.25) is 5.91 Å². The first-order chi connectivity index (χ1) is 15.0. The molecule has 2 fully saturated rings. The van der Waals surface area contributed by atoms with E-state index >= 15 is 0 Å². The van der Waals surface area contributed by atoms with Crippen molar-refractivity contribution in [2.75, 3.05) is 19.7 Å². The first-order valence-electron chi connectivity index (χ1n) is 10.6. The Labute approximate surface area is 180 Å². The molecular weight excluding hydrogens is 396 g/mol. The molecule has 5 rings (SSSR count). The monoisotopic (exact) mass is 420 g/mol. The van der Waals surface area contributed by atoms with E-state index in [-0.39, 0.29) is 37.9 Å². The van der Waals surface area contributed by atoms with Crippen LogP contribution in [0.5, 0.6) is 0 Å². The van der Waals surface area contributed by atoms with Crippen LogP contribution in [-0.4, -0.2) is 53.2 Å². The van der Waals surface area contributed by atoms with Gasteiger partial charge >= 0.3 is 12.1 Å². The van der Waals surface area contributed by atoms with Gasteiger partial charge in [0.05, 0.1) is 17.9 Å². The minimum atomic E-state index is -0.873. The molecule has 0 atom stereocenters. The van der Waals surface area contributed by atoms with Crippen molar-refractivity contribution in [3.8, 4) is 11.1 Å². The Morgan fingerprint density at radius 2 is 1.58 bits per heavy atom. The molecule has 2 aromatic carbocycles. The SMILES string of the molecule is O=C(NC1(CC(=O)N2CC(C(=O)O)C2)CC1)OCC1c2ccccc2-c2ccccc21. The highest BCUT2D eigenvalue weighted by Crippen LogP contribution is 2.45. The number of carbonyl (C=O) groups is 3. The Morgan fingerprint density at radius 1 is 1.00 bits per heavy atom. The van der Waals surface area contributed by atoms with Crippen molar-refractivity contribution < 1.29 is 24.2 Å². The maximum Gasteiger partial charge on any atom is 0.407 e. The summed E-state index contributed by atoms with van der Waals surface area (Å²) in [6.45, 7) is 0.723. The minimum absolute atomic E-state index is 0.0102. The highest BCUT2D eigenvalue weighted by atomic mass is 16.5. The number of hydrogen-bond acceptors (Lipinski definition) is 4. The number of ether oxygens (including phenoxy) is 1. The molecular formula is C24H24N2O5. The molecule has 0 aromatic heterocycles. The zero-order valence-electron chi connectivity index (χ0n) is 17.0. The predicted molar refractivity (Wildman–Crippen MR) is 112 cm³/mol. The van der Waals surface area contributed by atoms with E-state index in [1.165, 1.54) is 16.0 Å². The normalized spacial score (nSPS) is 18.5. The van der Waals surface area contributed by atoms with Crippen molar-refractivity contribution in [1.29, 1.82) is 0 Å². The second kappa shape index (κ2) is 7.41. The van der Waals surface area contributed by atoms with Gasteiger partial charge in [-0.25, -0.2) is 4.79 Å². The van der Waals surface area contributed by atoms with Crippen molar-refractivity contribution in [2.45, 2.75) is 30.7 Å². The average Bonchev–Trinajstić information content (AvgIpc) is 3.37. The molecule has 1 heterocycles. The fourth-order valence-electron chi connectivity index (χ4n) is 4.59. The Morgan fingerprint density at radius 3 is 2.13 bits per heavy atom. The summed E-state index contributed by atoms with van der Waals surface area (Å²) in [6.07, 6.45) is 1.11. The van der Waals surface area contributed by atoms with Crippen LogP contribution in [0.4, 0.5) is 4.79 Å². The van der Waals surface area contributed by atoms with Crippen molar-refractivity contribution in [1.82, 2.24) is 10.2 Å². The molecule has 0 unspecified atom stereocenters. The fraction of sp³-hybridized carbons (Fsp3) is 0.375. The molecule has 0 bridgehead atoms. The van der Waals surface area contributed by atoms with Crippen LogP contribution in [0.15, 0.2) is 48.5 Å². The van der Waals surface area contributed by atoms with Gasteiger partial charge < -0.3 is 20.1 Å². The second-order valence-electron chi connectivity index (χ2n) is 8.74. The summed E-state index contributed by atoms with van der Waals surface area (Å²) in [5.74, 6) is -1.48. The lowest BCUT2D eigenvalue weighted by atomic mass is 9.98. The van der Waals surface area contributed by atoms with Crippen LogP contribution in [-0.2, 0) is 14.3 Å². The highest BCUT2D eigenvalue weighted by molar-refractivity contribution is 5.83. The van der Waals surface area contributed by atoms with Crippen LogP contribution >= 0.6 is 0 Å². The zero-order valence-corrected chi connectivity index (χ0v) is 17.0. The summed E-state index contributed by atoms with van der Waals surface area (Å²) >= 11 is 0. The number of likely N-dealkylation sites (tertiary alicyclic amines) is 1. The summed E-state index contributed by atoms with van der Waals surface area (Å²) in [4.78, 5) is 37.4. The number of aliphatic carboxylic acids is 1. The molecule has 2 N–H and O–H groups in total. The van der Waals surface area contributed by atoms with Gasteiger partial charge in [0, 0.05) is 19.0 Å². The Hall–Kier alpha value is -3.35. The number of carbonyl (C=O) groups excluding carboxylic acids is 2. The van der Waals surface area contributed by atoms with E-state index in [1.807, 2.05) is 24.3 Å². The van der Waals surface area contributed by atoms with Crippen LogP contribution in [0.2, 0.25) is 0 Å². The quantitative estimate of drug-likeness (QED) is 0.749. The number of rotatable bonds is 6. The van der Waals surface area contributed by atoms with Gasteiger partial charge in [0.1, 0.15) is 6.61 Å².